The number of carbonyl (C=O) groups is 1. The minimum absolute atomic E-state index is 0.0514. The van der Waals surface area contributed by atoms with Crippen LogP contribution in [0.4, 0.5) is 5.00 Å². The Hall–Kier alpha value is -1.38. The standard InChI is InChI=1S/C16H21N3OS/c1-11-4-3-7-19(9-11)10-15(20)18-16-13(8-17)12-5-2-6-14(12)21-16/h11H,2-7,9-10H2,1H3,(H,18,20)/p+1/t11-/m1/s1. The van der Waals surface area contributed by atoms with Gasteiger partial charge >= 0.3 is 0 Å². The van der Waals surface area contributed by atoms with Crippen molar-refractivity contribution in [2.75, 3.05) is 25.0 Å². The predicted octanol–water partition coefficient (Wildman–Crippen LogP) is 1.36. The first-order chi connectivity index (χ1) is 10.2. The summed E-state index contributed by atoms with van der Waals surface area (Å²) in [5.41, 5.74) is 1.89. The second-order valence-corrected chi connectivity index (χ2v) is 7.45. The van der Waals surface area contributed by atoms with Crippen LogP contribution in [0.1, 0.15) is 42.2 Å². The van der Waals surface area contributed by atoms with Crippen LogP contribution in [-0.4, -0.2) is 25.5 Å². The zero-order valence-electron chi connectivity index (χ0n) is 12.5. The summed E-state index contributed by atoms with van der Waals surface area (Å²) < 4.78 is 0. The number of hydrogen-bond donors (Lipinski definition) is 2. The normalized spacial score (nSPS) is 24.4. The van der Waals surface area contributed by atoms with Gasteiger partial charge in [0.15, 0.2) is 6.54 Å². The van der Waals surface area contributed by atoms with Crippen molar-refractivity contribution in [2.24, 2.45) is 5.92 Å². The Balaban J connectivity index is 1.64. The van der Waals surface area contributed by atoms with E-state index >= 15 is 0 Å². The topological polar surface area (TPSA) is 57.3 Å². The third-order valence-corrected chi connectivity index (χ3v) is 5.77. The number of nitrogens with one attached hydrogen (secondary N) is 2. The Labute approximate surface area is 129 Å². The summed E-state index contributed by atoms with van der Waals surface area (Å²) >= 11 is 1.60. The average Bonchev–Trinajstić information content (AvgIpc) is 2.98. The van der Waals surface area contributed by atoms with Crippen molar-refractivity contribution in [3.8, 4) is 6.07 Å². The first-order valence-electron chi connectivity index (χ1n) is 7.85. The van der Waals surface area contributed by atoms with Gasteiger partial charge in [0, 0.05) is 10.8 Å². The number of carbonyl (C=O) groups excluding carboxylic acids is 1. The molecule has 1 aliphatic heterocycles. The molecule has 0 spiro atoms. The van der Waals surface area contributed by atoms with Gasteiger partial charge in [-0.15, -0.1) is 11.3 Å². The molecule has 0 bridgehead atoms. The van der Waals surface area contributed by atoms with Crippen LogP contribution in [0.15, 0.2) is 0 Å². The summed E-state index contributed by atoms with van der Waals surface area (Å²) in [7, 11) is 0. The summed E-state index contributed by atoms with van der Waals surface area (Å²) in [6.45, 7) is 4.95. The summed E-state index contributed by atoms with van der Waals surface area (Å²) in [5, 5.41) is 13.1. The number of nitriles is 1. The highest BCUT2D eigenvalue weighted by molar-refractivity contribution is 7.16. The summed E-state index contributed by atoms with van der Waals surface area (Å²) in [5.74, 6) is 0.761. The molecule has 1 amide bonds. The number of thiophene rings is 1. The molecular formula is C16H22N3OS+. The molecule has 1 unspecified atom stereocenters. The Morgan fingerprint density at radius 2 is 2.33 bits per heavy atom. The molecule has 2 atom stereocenters. The first kappa shape index (κ1) is 14.6. The van der Waals surface area contributed by atoms with Gasteiger partial charge in [-0.3, -0.25) is 4.79 Å². The highest BCUT2D eigenvalue weighted by atomic mass is 32.1. The predicted molar refractivity (Wildman–Crippen MR) is 83.7 cm³/mol. The van der Waals surface area contributed by atoms with Crippen molar-refractivity contribution in [1.29, 1.82) is 5.26 Å². The number of rotatable bonds is 3. The third kappa shape index (κ3) is 3.12. The molecule has 1 aromatic rings. The molecule has 112 valence electrons. The lowest BCUT2D eigenvalue weighted by Gasteiger charge is -2.27. The molecule has 2 N–H and O–H groups in total. The molecule has 1 saturated heterocycles. The first-order valence-corrected chi connectivity index (χ1v) is 8.67. The van der Waals surface area contributed by atoms with Crippen molar-refractivity contribution in [3.05, 3.63) is 16.0 Å². The lowest BCUT2D eigenvalue weighted by atomic mass is 10.0. The fraction of sp³-hybridized carbons (Fsp3) is 0.625. The summed E-state index contributed by atoms with van der Waals surface area (Å²) in [6.07, 6.45) is 5.67. The van der Waals surface area contributed by atoms with Gasteiger partial charge in [0.1, 0.15) is 11.1 Å². The van der Waals surface area contributed by atoms with E-state index in [1.165, 1.54) is 28.2 Å². The van der Waals surface area contributed by atoms with E-state index in [1.807, 2.05) is 0 Å². The maximum atomic E-state index is 12.2. The van der Waals surface area contributed by atoms with Crippen LogP contribution in [0.5, 0.6) is 0 Å². The molecule has 1 aromatic heterocycles. The van der Waals surface area contributed by atoms with Crippen molar-refractivity contribution in [3.63, 3.8) is 0 Å². The molecule has 2 heterocycles. The van der Waals surface area contributed by atoms with E-state index in [0.29, 0.717) is 18.0 Å². The van der Waals surface area contributed by atoms with Crippen molar-refractivity contribution < 1.29 is 9.69 Å². The van der Waals surface area contributed by atoms with E-state index in [-0.39, 0.29) is 5.91 Å². The minimum atomic E-state index is 0.0514. The molecule has 2 aliphatic rings. The molecule has 4 nitrogen and oxygen atoms in total. The number of piperidine rings is 1. The molecule has 0 saturated carbocycles. The molecule has 1 aliphatic carbocycles. The van der Waals surface area contributed by atoms with E-state index in [0.717, 1.165) is 37.4 Å². The SMILES string of the molecule is C[C@@H]1CCC[NH+](CC(=O)Nc2sc3c(c2C#N)CCC3)C1. The smallest absolute Gasteiger partial charge is 0.280 e. The molecule has 1 fully saturated rings. The fourth-order valence-electron chi connectivity index (χ4n) is 3.57. The number of quaternary nitrogens is 1. The van der Waals surface area contributed by atoms with Crippen LogP contribution in [0, 0.1) is 17.2 Å². The number of anilines is 1. The molecule has 3 rings (SSSR count). The number of amides is 1. The van der Waals surface area contributed by atoms with Crippen LogP contribution >= 0.6 is 11.3 Å². The number of nitrogens with zero attached hydrogens (tertiary/aromatic N) is 1. The van der Waals surface area contributed by atoms with Gasteiger partial charge in [-0.25, -0.2) is 0 Å². The van der Waals surface area contributed by atoms with E-state index < -0.39 is 0 Å². The van der Waals surface area contributed by atoms with Gasteiger partial charge in [-0.05, 0) is 37.7 Å². The zero-order valence-corrected chi connectivity index (χ0v) is 13.3. The number of aryl methyl sites for hydroxylation is 1. The Bertz CT molecular complexity index is 587. The van der Waals surface area contributed by atoms with Crippen LogP contribution in [-0.2, 0) is 17.6 Å². The Morgan fingerprint density at radius 1 is 1.48 bits per heavy atom. The van der Waals surface area contributed by atoms with Gasteiger partial charge in [0.05, 0.1) is 18.7 Å². The van der Waals surface area contributed by atoms with E-state index in [4.69, 9.17) is 0 Å². The third-order valence-electron chi connectivity index (χ3n) is 4.56. The van der Waals surface area contributed by atoms with E-state index in [9.17, 15) is 10.1 Å². The summed E-state index contributed by atoms with van der Waals surface area (Å²) in [4.78, 5) is 14.9. The minimum Gasteiger partial charge on any atom is -0.327 e. The fourth-order valence-corrected chi connectivity index (χ4v) is 4.82. The second-order valence-electron chi connectivity index (χ2n) is 6.35. The molecule has 0 aromatic carbocycles. The molecular weight excluding hydrogens is 282 g/mol. The van der Waals surface area contributed by atoms with E-state index in [2.05, 4.69) is 18.3 Å². The van der Waals surface area contributed by atoms with E-state index in [1.54, 1.807) is 11.3 Å². The second kappa shape index (κ2) is 6.17. The highest BCUT2D eigenvalue weighted by Crippen LogP contribution is 2.38. The van der Waals surface area contributed by atoms with Gasteiger partial charge in [-0.2, -0.15) is 5.26 Å². The molecule has 0 radical (unpaired) electrons. The summed E-state index contributed by atoms with van der Waals surface area (Å²) in [6, 6.07) is 2.28. The maximum Gasteiger partial charge on any atom is 0.280 e. The Kier molecular flexibility index (Phi) is 4.27. The Morgan fingerprint density at radius 3 is 3.10 bits per heavy atom. The molecule has 5 heteroatoms. The quantitative estimate of drug-likeness (QED) is 0.886. The van der Waals surface area contributed by atoms with Gasteiger partial charge < -0.3 is 10.2 Å². The highest BCUT2D eigenvalue weighted by Gasteiger charge is 2.25. The van der Waals surface area contributed by atoms with Gasteiger partial charge in [0.25, 0.3) is 5.91 Å². The number of hydrogen-bond acceptors (Lipinski definition) is 3. The van der Waals surface area contributed by atoms with Gasteiger partial charge in [-0.1, -0.05) is 6.92 Å². The van der Waals surface area contributed by atoms with Crippen LogP contribution < -0.4 is 10.2 Å². The van der Waals surface area contributed by atoms with Crippen LogP contribution in [0.25, 0.3) is 0 Å². The lowest BCUT2D eigenvalue weighted by Crippen LogP contribution is -3.14. The van der Waals surface area contributed by atoms with Crippen LogP contribution in [0.2, 0.25) is 0 Å². The van der Waals surface area contributed by atoms with Crippen molar-refractivity contribution >= 4 is 22.2 Å². The largest absolute Gasteiger partial charge is 0.327 e. The zero-order chi connectivity index (χ0) is 14.8. The molecule has 21 heavy (non-hydrogen) atoms. The lowest BCUT2D eigenvalue weighted by molar-refractivity contribution is -0.900. The van der Waals surface area contributed by atoms with Crippen LogP contribution in [0.3, 0.4) is 0 Å². The number of likely N-dealkylation sites (tertiary alicyclic amines) is 1. The van der Waals surface area contributed by atoms with Gasteiger partial charge in [0.2, 0.25) is 0 Å². The van der Waals surface area contributed by atoms with Crippen molar-refractivity contribution in [2.45, 2.75) is 39.0 Å². The van der Waals surface area contributed by atoms with Crippen molar-refractivity contribution in [1.82, 2.24) is 0 Å². The monoisotopic (exact) mass is 304 g/mol. The number of fused-ring (bicyclic) bond motifs is 1. The maximum absolute atomic E-state index is 12.2. The average molecular weight is 304 g/mol.